The van der Waals surface area contributed by atoms with E-state index in [1.165, 1.54) is 18.4 Å². The van der Waals surface area contributed by atoms with Crippen LogP contribution in [-0.2, 0) is 14.9 Å². The minimum Gasteiger partial charge on any atom is -0.382 e. The molecule has 0 heterocycles. The van der Waals surface area contributed by atoms with E-state index in [1.54, 1.807) is 14.2 Å². The fraction of sp³-hybridized carbons (Fsp3) is 0.588. The molecule has 0 amide bonds. The number of nitrogens with one attached hydrogen (secondary N) is 2. The molecule has 2 N–H and O–H groups in total. The van der Waals surface area contributed by atoms with Crippen LogP contribution >= 0.6 is 39.9 Å². The molecule has 0 saturated heterocycles. The average Bonchev–Trinajstić information content (AvgIpc) is 3.35. The van der Waals surface area contributed by atoms with Crippen LogP contribution in [-0.4, -0.2) is 53.0 Å². The normalized spacial score (nSPS) is 15.5. The van der Waals surface area contributed by atoms with Crippen LogP contribution in [0.3, 0.4) is 0 Å². The van der Waals surface area contributed by atoms with Crippen LogP contribution in [0.4, 0.5) is 0 Å². The van der Waals surface area contributed by atoms with Crippen molar-refractivity contribution in [2.24, 2.45) is 4.99 Å². The smallest absolute Gasteiger partial charge is 0.191 e. The Morgan fingerprint density at radius 1 is 1.25 bits per heavy atom. The van der Waals surface area contributed by atoms with Gasteiger partial charge in [-0.15, -0.1) is 24.0 Å². The predicted molar refractivity (Wildman–Crippen MR) is 113 cm³/mol. The molecule has 1 aliphatic carbocycles. The van der Waals surface area contributed by atoms with E-state index >= 15 is 0 Å². The second-order valence-corrected chi connectivity index (χ2v) is 6.66. The van der Waals surface area contributed by atoms with Crippen LogP contribution in [0.2, 0.25) is 0 Å². The zero-order chi connectivity index (χ0) is 16.5. The standard InChI is InChI=1S/C17H26BrN3O2.HI/c1-19-16(20-8-9-23-11-10-22-2)21-13-17(6-7-17)14-4-3-5-15(18)12-14;/h3-5,12H,6-11,13H2,1-2H3,(H2,19,20,21);1H. The van der Waals surface area contributed by atoms with Gasteiger partial charge in [-0.25, -0.2) is 0 Å². The molecule has 1 aromatic rings. The number of methoxy groups -OCH3 is 1. The Bertz CT molecular complexity index is 524. The van der Waals surface area contributed by atoms with Gasteiger partial charge in [0.15, 0.2) is 5.96 Å². The summed E-state index contributed by atoms with van der Waals surface area (Å²) in [5.41, 5.74) is 1.63. The van der Waals surface area contributed by atoms with E-state index in [4.69, 9.17) is 9.47 Å². The maximum absolute atomic E-state index is 5.43. The SMILES string of the molecule is CN=C(NCCOCCOC)NCC1(c2cccc(Br)c2)CC1.I. The van der Waals surface area contributed by atoms with E-state index < -0.39 is 0 Å². The minimum atomic E-state index is 0. The molecule has 0 bridgehead atoms. The second kappa shape index (κ2) is 11.3. The van der Waals surface area contributed by atoms with E-state index in [-0.39, 0.29) is 29.4 Å². The molecule has 0 aliphatic heterocycles. The highest BCUT2D eigenvalue weighted by Crippen LogP contribution is 2.48. The molecule has 136 valence electrons. The van der Waals surface area contributed by atoms with E-state index in [0.29, 0.717) is 19.8 Å². The van der Waals surface area contributed by atoms with Crippen LogP contribution < -0.4 is 10.6 Å². The molecule has 0 spiro atoms. The first kappa shape index (κ1) is 21.7. The van der Waals surface area contributed by atoms with E-state index in [0.717, 1.165) is 23.5 Å². The summed E-state index contributed by atoms with van der Waals surface area (Å²) in [6, 6.07) is 8.59. The number of nitrogens with zero attached hydrogens (tertiary/aromatic N) is 1. The maximum atomic E-state index is 5.43. The second-order valence-electron chi connectivity index (χ2n) is 5.75. The van der Waals surface area contributed by atoms with E-state index in [2.05, 4.69) is 55.8 Å². The lowest BCUT2D eigenvalue weighted by molar-refractivity contribution is 0.0733. The number of aliphatic imine (C=N–C) groups is 1. The summed E-state index contributed by atoms with van der Waals surface area (Å²) < 4.78 is 11.5. The van der Waals surface area contributed by atoms with Gasteiger partial charge in [0.2, 0.25) is 0 Å². The summed E-state index contributed by atoms with van der Waals surface area (Å²) in [5.74, 6) is 0.821. The third-order valence-corrected chi connectivity index (χ3v) is 4.57. The molecule has 0 atom stereocenters. The third kappa shape index (κ3) is 6.85. The number of halogens is 2. The van der Waals surface area contributed by atoms with Crippen molar-refractivity contribution in [3.63, 3.8) is 0 Å². The number of benzene rings is 1. The lowest BCUT2D eigenvalue weighted by atomic mass is 9.96. The van der Waals surface area contributed by atoms with Crippen molar-refractivity contribution in [2.75, 3.05) is 47.1 Å². The van der Waals surface area contributed by atoms with Crippen LogP contribution in [0.5, 0.6) is 0 Å². The number of hydrogen-bond donors (Lipinski definition) is 2. The zero-order valence-electron chi connectivity index (χ0n) is 14.3. The maximum Gasteiger partial charge on any atom is 0.191 e. The molecular formula is C17H27BrIN3O2. The summed E-state index contributed by atoms with van der Waals surface area (Å²) in [7, 11) is 3.46. The number of rotatable bonds is 9. The summed E-state index contributed by atoms with van der Waals surface area (Å²) in [5, 5.41) is 6.71. The Labute approximate surface area is 170 Å². The first-order valence-corrected chi connectivity index (χ1v) is 8.77. The molecule has 7 heteroatoms. The molecule has 24 heavy (non-hydrogen) atoms. The number of hydrogen-bond acceptors (Lipinski definition) is 3. The fourth-order valence-electron chi connectivity index (χ4n) is 2.50. The first-order chi connectivity index (χ1) is 11.2. The van der Waals surface area contributed by atoms with E-state index in [1.807, 2.05) is 0 Å². The zero-order valence-corrected chi connectivity index (χ0v) is 18.2. The summed E-state index contributed by atoms with van der Waals surface area (Å²) >= 11 is 3.56. The van der Waals surface area contributed by atoms with Crippen molar-refractivity contribution < 1.29 is 9.47 Å². The minimum absolute atomic E-state index is 0. The van der Waals surface area contributed by atoms with Crippen molar-refractivity contribution in [2.45, 2.75) is 18.3 Å². The van der Waals surface area contributed by atoms with Gasteiger partial charge in [-0.3, -0.25) is 4.99 Å². The number of guanidine groups is 1. The Balaban J connectivity index is 0.00000288. The highest BCUT2D eigenvalue weighted by molar-refractivity contribution is 14.0. The van der Waals surface area contributed by atoms with Gasteiger partial charge in [-0.1, -0.05) is 28.1 Å². The molecule has 0 radical (unpaired) electrons. The Morgan fingerprint density at radius 2 is 2.04 bits per heavy atom. The predicted octanol–water partition coefficient (Wildman–Crippen LogP) is 2.93. The van der Waals surface area contributed by atoms with Crippen molar-refractivity contribution >= 4 is 45.9 Å². The Kier molecular flexibility index (Phi) is 10.2. The Hall–Kier alpha value is -0.380. The monoisotopic (exact) mass is 511 g/mol. The average molecular weight is 512 g/mol. The lowest BCUT2D eigenvalue weighted by Gasteiger charge is -2.19. The van der Waals surface area contributed by atoms with E-state index in [9.17, 15) is 0 Å². The van der Waals surface area contributed by atoms with Crippen molar-refractivity contribution in [1.82, 2.24) is 10.6 Å². The number of ether oxygens (including phenoxy) is 2. The first-order valence-electron chi connectivity index (χ1n) is 7.97. The Morgan fingerprint density at radius 3 is 2.67 bits per heavy atom. The highest BCUT2D eigenvalue weighted by Gasteiger charge is 2.44. The third-order valence-electron chi connectivity index (χ3n) is 4.08. The molecule has 2 rings (SSSR count). The molecular weight excluding hydrogens is 485 g/mol. The van der Waals surface area contributed by atoms with Crippen molar-refractivity contribution in [1.29, 1.82) is 0 Å². The van der Waals surface area contributed by atoms with Gasteiger partial charge in [0, 0.05) is 37.1 Å². The van der Waals surface area contributed by atoms with Gasteiger partial charge in [0.25, 0.3) is 0 Å². The fourth-order valence-corrected chi connectivity index (χ4v) is 2.90. The van der Waals surface area contributed by atoms with Gasteiger partial charge in [-0.05, 0) is 30.5 Å². The quantitative estimate of drug-likeness (QED) is 0.232. The lowest BCUT2D eigenvalue weighted by Crippen LogP contribution is -2.42. The van der Waals surface area contributed by atoms with Crippen LogP contribution in [0.25, 0.3) is 0 Å². The van der Waals surface area contributed by atoms with Crippen LogP contribution in [0.1, 0.15) is 18.4 Å². The van der Waals surface area contributed by atoms with Gasteiger partial charge >= 0.3 is 0 Å². The van der Waals surface area contributed by atoms with Crippen LogP contribution in [0, 0.1) is 0 Å². The van der Waals surface area contributed by atoms with Gasteiger partial charge in [0.05, 0.1) is 19.8 Å². The topological polar surface area (TPSA) is 54.9 Å². The molecule has 1 aromatic carbocycles. The molecule has 1 saturated carbocycles. The van der Waals surface area contributed by atoms with Gasteiger partial charge < -0.3 is 20.1 Å². The van der Waals surface area contributed by atoms with Crippen molar-refractivity contribution in [3.05, 3.63) is 34.3 Å². The largest absolute Gasteiger partial charge is 0.382 e. The molecule has 0 aromatic heterocycles. The van der Waals surface area contributed by atoms with Gasteiger partial charge in [0.1, 0.15) is 0 Å². The van der Waals surface area contributed by atoms with Crippen molar-refractivity contribution in [3.8, 4) is 0 Å². The molecule has 5 nitrogen and oxygen atoms in total. The highest BCUT2D eigenvalue weighted by atomic mass is 127. The molecule has 0 unspecified atom stereocenters. The van der Waals surface area contributed by atoms with Gasteiger partial charge in [-0.2, -0.15) is 0 Å². The molecule has 1 aliphatic rings. The summed E-state index contributed by atoms with van der Waals surface area (Å²) in [4.78, 5) is 4.27. The summed E-state index contributed by atoms with van der Waals surface area (Å²) in [6.45, 7) is 3.51. The molecule has 1 fully saturated rings. The van der Waals surface area contributed by atoms with Crippen LogP contribution in [0.15, 0.2) is 33.7 Å². The summed E-state index contributed by atoms with van der Waals surface area (Å²) in [6.07, 6.45) is 2.43.